The average Bonchev–Trinajstić information content (AvgIpc) is 2.03. The van der Waals surface area contributed by atoms with Crippen LogP contribution in [0.15, 0.2) is 24.3 Å². The van der Waals surface area contributed by atoms with E-state index in [1.54, 1.807) is 18.2 Å². The van der Waals surface area contributed by atoms with Crippen molar-refractivity contribution < 1.29 is 9.36 Å². The molecule has 5 nitrogen and oxygen atoms in total. The van der Waals surface area contributed by atoms with Crippen molar-refractivity contribution in [2.24, 2.45) is 11.0 Å². The summed E-state index contributed by atoms with van der Waals surface area (Å²) in [5.74, 6) is -0.565. The molecule has 0 unspecified atom stereocenters. The van der Waals surface area contributed by atoms with Gasteiger partial charge in [-0.2, -0.15) is 0 Å². The molecule has 6 heteroatoms. The standard InChI is InChI=1S/C7H9N3O2P/c8-13(9,12)10-7(11)6-4-2-1-3-5-6/h1-2,4-5H,(H5,8,9,10,11,12). The fourth-order valence-electron chi connectivity index (χ4n) is 0.758. The lowest BCUT2D eigenvalue weighted by atomic mass is 10.2. The maximum absolute atomic E-state index is 11.2. The number of carbonyl (C=O) groups is 1. The second kappa shape index (κ2) is 3.70. The lowest BCUT2D eigenvalue weighted by Gasteiger charge is -2.07. The van der Waals surface area contributed by atoms with E-state index >= 15 is 0 Å². The van der Waals surface area contributed by atoms with Crippen molar-refractivity contribution in [2.45, 2.75) is 0 Å². The third-order valence-corrected chi connectivity index (χ3v) is 1.80. The summed E-state index contributed by atoms with van der Waals surface area (Å²) < 4.78 is 10.8. The van der Waals surface area contributed by atoms with Crippen LogP contribution in [0.5, 0.6) is 0 Å². The minimum atomic E-state index is -3.50. The molecule has 0 aliphatic rings. The molecule has 0 aromatic heterocycles. The molecule has 0 atom stereocenters. The van der Waals surface area contributed by atoms with Crippen molar-refractivity contribution in [3.63, 3.8) is 0 Å². The van der Waals surface area contributed by atoms with Gasteiger partial charge in [-0.15, -0.1) is 0 Å². The summed E-state index contributed by atoms with van der Waals surface area (Å²) in [7, 11) is -3.50. The van der Waals surface area contributed by atoms with Gasteiger partial charge in [0.25, 0.3) is 5.91 Å². The van der Waals surface area contributed by atoms with Crippen molar-refractivity contribution in [3.8, 4) is 0 Å². The molecule has 13 heavy (non-hydrogen) atoms. The van der Waals surface area contributed by atoms with Gasteiger partial charge < -0.3 is 0 Å². The van der Waals surface area contributed by atoms with Gasteiger partial charge in [0.1, 0.15) is 0 Å². The Kier molecular flexibility index (Phi) is 2.83. The Morgan fingerprint density at radius 3 is 2.69 bits per heavy atom. The van der Waals surface area contributed by atoms with E-state index in [9.17, 15) is 9.36 Å². The maximum Gasteiger partial charge on any atom is 0.300 e. The van der Waals surface area contributed by atoms with Crippen molar-refractivity contribution >= 4 is 13.5 Å². The van der Waals surface area contributed by atoms with Crippen LogP contribution in [-0.2, 0) is 4.57 Å². The summed E-state index contributed by atoms with van der Waals surface area (Å²) in [5, 5.41) is 1.99. The number of nitrogens with one attached hydrogen (secondary N) is 1. The molecule has 1 radical (unpaired) electrons. The van der Waals surface area contributed by atoms with Crippen LogP contribution in [0.2, 0.25) is 0 Å². The van der Waals surface area contributed by atoms with Crippen LogP contribution in [0.3, 0.4) is 0 Å². The highest BCUT2D eigenvalue weighted by molar-refractivity contribution is 7.57. The van der Waals surface area contributed by atoms with E-state index in [0.29, 0.717) is 5.56 Å². The molecular weight excluding hydrogens is 189 g/mol. The van der Waals surface area contributed by atoms with Crippen LogP contribution < -0.4 is 16.1 Å². The van der Waals surface area contributed by atoms with Gasteiger partial charge in [0.2, 0.25) is 0 Å². The molecule has 1 amide bonds. The highest BCUT2D eigenvalue weighted by Crippen LogP contribution is 2.18. The van der Waals surface area contributed by atoms with Gasteiger partial charge in [-0.3, -0.25) is 25.5 Å². The highest BCUT2D eigenvalue weighted by Gasteiger charge is 2.13. The van der Waals surface area contributed by atoms with Gasteiger partial charge in [0.15, 0.2) is 0 Å². The number of amides is 1. The number of carbonyl (C=O) groups excluding carboxylic acids is 1. The first-order chi connectivity index (χ1) is 5.99. The van der Waals surface area contributed by atoms with Gasteiger partial charge in [-0.1, -0.05) is 12.1 Å². The van der Waals surface area contributed by atoms with Crippen molar-refractivity contribution in [1.29, 1.82) is 0 Å². The molecule has 0 spiro atoms. The van der Waals surface area contributed by atoms with Gasteiger partial charge >= 0.3 is 7.59 Å². The summed E-state index contributed by atoms with van der Waals surface area (Å²) in [6, 6.07) is 8.96. The van der Waals surface area contributed by atoms with Crippen LogP contribution in [0.4, 0.5) is 0 Å². The Hall–Kier alpha value is -1.16. The third-order valence-electron chi connectivity index (χ3n) is 1.25. The van der Waals surface area contributed by atoms with Gasteiger partial charge in [-0.05, 0) is 18.2 Å². The van der Waals surface area contributed by atoms with Crippen LogP contribution in [0.1, 0.15) is 10.4 Å². The van der Waals surface area contributed by atoms with E-state index in [2.05, 4.69) is 6.07 Å². The first kappa shape index (κ1) is 9.92. The predicted molar refractivity (Wildman–Crippen MR) is 48.7 cm³/mol. The molecule has 0 bridgehead atoms. The van der Waals surface area contributed by atoms with E-state index in [4.69, 9.17) is 11.0 Å². The zero-order valence-electron chi connectivity index (χ0n) is 6.73. The van der Waals surface area contributed by atoms with Gasteiger partial charge in [0.05, 0.1) is 0 Å². The topological polar surface area (TPSA) is 98.2 Å². The van der Waals surface area contributed by atoms with Crippen LogP contribution in [0, 0.1) is 6.07 Å². The summed E-state index contributed by atoms with van der Waals surface area (Å²) in [6.45, 7) is 0. The van der Waals surface area contributed by atoms with Gasteiger partial charge in [0, 0.05) is 5.56 Å². The lowest BCUT2D eigenvalue weighted by Crippen LogP contribution is -2.28. The molecule has 0 heterocycles. The van der Waals surface area contributed by atoms with Crippen LogP contribution >= 0.6 is 7.59 Å². The van der Waals surface area contributed by atoms with E-state index in [1.165, 1.54) is 6.07 Å². The monoisotopic (exact) mass is 198 g/mol. The SMILES string of the molecule is NP(N)(=O)NC(=O)c1c[c]ccc1. The molecule has 0 fully saturated rings. The molecule has 0 aliphatic carbocycles. The predicted octanol–water partition coefficient (Wildman–Crippen LogP) is 0.242. The molecular formula is C7H9N3O2P. The molecule has 69 valence electrons. The molecule has 0 aliphatic heterocycles. The number of hydrogen-bond donors (Lipinski definition) is 3. The second-order valence-electron chi connectivity index (χ2n) is 2.44. The van der Waals surface area contributed by atoms with E-state index in [0.717, 1.165) is 0 Å². The normalized spacial score (nSPS) is 10.9. The zero-order valence-corrected chi connectivity index (χ0v) is 7.62. The van der Waals surface area contributed by atoms with Gasteiger partial charge in [-0.25, -0.2) is 0 Å². The number of nitrogens with two attached hydrogens (primary N) is 2. The molecule has 0 saturated heterocycles. The molecule has 1 aromatic carbocycles. The smallest absolute Gasteiger partial charge is 0.279 e. The van der Waals surface area contributed by atoms with E-state index in [1.807, 2.05) is 5.09 Å². The van der Waals surface area contributed by atoms with Crippen LogP contribution in [-0.4, -0.2) is 5.91 Å². The minimum absolute atomic E-state index is 0.318. The lowest BCUT2D eigenvalue weighted by molar-refractivity contribution is 0.0980. The summed E-state index contributed by atoms with van der Waals surface area (Å²) in [5.41, 5.74) is 10.2. The first-order valence-electron chi connectivity index (χ1n) is 3.45. The number of benzene rings is 1. The van der Waals surface area contributed by atoms with Crippen molar-refractivity contribution in [2.75, 3.05) is 0 Å². The first-order valence-corrected chi connectivity index (χ1v) is 5.29. The summed E-state index contributed by atoms with van der Waals surface area (Å²) in [6.07, 6.45) is 0. The highest BCUT2D eigenvalue weighted by atomic mass is 31.2. The Labute approximate surface area is 75.6 Å². The van der Waals surface area contributed by atoms with Crippen molar-refractivity contribution in [3.05, 3.63) is 35.9 Å². The minimum Gasteiger partial charge on any atom is -0.279 e. The Balaban J connectivity index is 2.76. The van der Waals surface area contributed by atoms with E-state index < -0.39 is 13.5 Å². The molecule has 0 saturated carbocycles. The van der Waals surface area contributed by atoms with Crippen molar-refractivity contribution in [1.82, 2.24) is 5.09 Å². The fourth-order valence-corrected chi connectivity index (χ4v) is 1.20. The summed E-state index contributed by atoms with van der Waals surface area (Å²) >= 11 is 0. The second-order valence-corrected chi connectivity index (χ2v) is 4.08. The Morgan fingerprint density at radius 1 is 1.54 bits per heavy atom. The Bertz CT molecular complexity index is 346. The zero-order chi connectivity index (χ0) is 9.90. The van der Waals surface area contributed by atoms with Crippen LogP contribution in [0.25, 0.3) is 0 Å². The number of rotatable bonds is 2. The van der Waals surface area contributed by atoms with E-state index in [-0.39, 0.29) is 0 Å². The third kappa shape index (κ3) is 3.38. The fraction of sp³-hybridized carbons (Fsp3) is 0. The average molecular weight is 198 g/mol. The number of hydrogen-bond acceptors (Lipinski definition) is 2. The molecule has 1 rings (SSSR count). The Morgan fingerprint density at radius 2 is 2.23 bits per heavy atom. The largest absolute Gasteiger partial charge is 0.300 e. The molecule has 1 aromatic rings. The molecule has 5 N–H and O–H groups in total. The maximum atomic E-state index is 11.2. The quantitative estimate of drug-likeness (QED) is 0.593. The summed E-state index contributed by atoms with van der Waals surface area (Å²) in [4.78, 5) is 11.2.